The Morgan fingerprint density at radius 3 is 2.08 bits per heavy atom. The Labute approximate surface area is 151 Å². The molecule has 25 heavy (non-hydrogen) atoms. The van der Waals surface area contributed by atoms with Crippen molar-refractivity contribution in [1.82, 2.24) is 4.90 Å². The van der Waals surface area contributed by atoms with Crippen molar-refractivity contribution in [3.63, 3.8) is 0 Å². The van der Waals surface area contributed by atoms with Crippen LogP contribution in [0, 0.1) is 23.2 Å². The summed E-state index contributed by atoms with van der Waals surface area (Å²) < 4.78 is 5.11. The summed E-state index contributed by atoms with van der Waals surface area (Å²) in [5.74, 6) is 2.58. The van der Waals surface area contributed by atoms with Crippen molar-refractivity contribution in [3.05, 3.63) is 0 Å². The Balaban J connectivity index is 1.50. The monoisotopic (exact) mass is 347 g/mol. The lowest BCUT2D eigenvalue weighted by Gasteiger charge is -2.57. The largest absolute Gasteiger partial charge is 0.466 e. The van der Waals surface area contributed by atoms with Gasteiger partial charge in [0.15, 0.2) is 0 Å². The van der Waals surface area contributed by atoms with Crippen molar-refractivity contribution in [2.24, 2.45) is 23.2 Å². The van der Waals surface area contributed by atoms with Gasteiger partial charge in [0.05, 0.1) is 18.4 Å². The lowest BCUT2D eigenvalue weighted by molar-refractivity contribution is -0.161. The smallest absolute Gasteiger partial charge is 0.307 e. The quantitative estimate of drug-likeness (QED) is 0.684. The summed E-state index contributed by atoms with van der Waals surface area (Å²) in [4.78, 5) is 27.7. The van der Waals surface area contributed by atoms with Crippen molar-refractivity contribution in [3.8, 4) is 0 Å². The Bertz CT molecular complexity index is 488. The zero-order valence-electron chi connectivity index (χ0n) is 15.7. The highest BCUT2D eigenvalue weighted by Gasteiger charge is 2.56. The number of ether oxygens (including phenoxy) is 1. The summed E-state index contributed by atoms with van der Waals surface area (Å²) in [7, 11) is 0. The average Bonchev–Trinajstić information content (AvgIpc) is 3.08. The molecule has 5 aliphatic carbocycles. The average molecular weight is 347 g/mol. The van der Waals surface area contributed by atoms with E-state index in [0.29, 0.717) is 31.5 Å². The van der Waals surface area contributed by atoms with E-state index in [9.17, 15) is 9.59 Å². The van der Waals surface area contributed by atoms with E-state index in [0.717, 1.165) is 49.9 Å². The summed E-state index contributed by atoms with van der Waals surface area (Å²) >= 11 is 0. The topological polar surface area (TPSA) is 46.6 Å². The molecule has 0 N–H and O–H groups in total. The van der Waals surface area contributed by atoms with Crippen LogP contribution in [0.25, 0.3) is 0 Å². The second-order valence-corrected chi connectivity index (χ2v) is 9.19. The molecule has 5 rings (SSSR count). The van der Waals surface area contributed by atoms with Gasteiger partial charge in [-0.2, -0.15) is 0 Å². The van der Waals surface area contributed by atoms with Gasteiger partial charge in [-0.1, -0.05) is 12.8 Å². The minimum atomic E-state index is -0.163. The minimum absolute atomic E-state index is 0.0913. The third-order valence-electron chi connectivity index (χ3n) is 7.38. The summed E-state index contributed by atoms with van der Waals surface area (Å²) in [6.07, 6.45) is 12.4. The number of carbonyl (C=O) groups is 2. The minimum Gasteiger partial charge on any atom is -0.466 e. The molecule has 0 saturated heterocycles. The molecule has 4 heteroatoms. The number of rotatable bonds is 6. The van der Waals surface area contributed by atoms with Gasteiger partial charge in [0.2, 0.25) is 5.91 Å². The standard InChI is InChI=1S/C21H33NO3/c1-2-25-19(23)7-8-22(18-5-3-4-6-18)20(24)21-12-15-9-16(13-21)11-17(10-15)14-21/h15-18H,2-14H2,1H3. The second kappa shape index (κ2) is 6.92. The van der Waals surface area contributed by atoms with Crippen molar-refractivity contribution < 1.29 is 14.3 Å². The van der Waals surface area contributed by atoms with E-state index in [1.165, 1.54) is 32.1 Å². The van der Waals surface area contributed by atoms with Gasteiger partial charge in [0, 0.05) is 12.6 Å². The third-order valence-corrected chi connectivity index (χ3v) is 7.38. The van der Waals surface area contributed by atoms with Crippen LogP contribution in [0.4, 0.5) is 0 Å². The zero-order chi connectivity index (χ0) is 17.4. The Kier molecular flexibility index (Phi) is 4.81. The Morgan fingerprint density at radius 2 is 1.56 bits per heavy atom. The highest BCUT2D eigenvalue weighted by atomic mass is 16.5. The number of hydrogen-bond donors (Lipinski definition) is 0. The van der Waals surface area contributed by atoms with Crippen LogP contribution in [0.5, 0.6) is 0 Å². The second-order valence-electron chi connectivity index (χ2n) is 9.19. The van der Waals surface area contributed by atoms with Crippen molar-refractivity contribution in [2.45, 2.75) is 83.6 Å². The van der Waals surface area contributed by atoms with Crippen LogP contribution in [0.1, 0.15) is 77.6 Å². The summed E-state index contributed by atoms with van der Waals surface area (Å²) in [6.45, 7) is 2.82. The van der Waals surface area contributed by atoms with Crippen LogP contribution in [-0.4, -0.2) is 36.0 Å². The maximum atomic E-state index is 13.7. The van der Waals surface area contributed by atoms with Crippen LogP contribution in [-0.2, 0) is 14.3 Å². The molecular formula is C21H33NO3. The van der Waals surface area contributed by atoms with Gasteiger partial charge in [-0.15, -0.1) is 0 Å². The van der Waals surface area contributed by atoms with E-state index in [1.807, 2.05) is 6.92 Å². The fourth-order valence-electron chi connectivity index (χ4n) is 6.79. The van der Waals surface area contributed by atoms with Crippen LogP contribution in [0.2, 0.25) is 0 Å². The highest BCUT2D eigenvalue weighted by molar-refractivity contribution is 5.84. The van der Waals surface area contributed by atoms with E-state index < -0.39 is 0 Å². The van der Waals surface area contributed by atoms with Gasteiger partial charge in [-0.05, 0) is 76.0 Å². The van der Waals surface area contributed by atoms with Gasteiger partial charge in [-0.25, -0.2) is 0 Å². The maximum Gasteiger partial charge on any atom is 0.307 e. The summed E-state index contributed by atoms with van der Waals surface area (Å²) in [6, 6.07) is 0.356. The first-order valence-corrected chi connectivity index (χ1v) is 10.6. The predicted molar refractivity (Wildman–Crippen MR) is 95.8 cm³/mol. The predicted octanol–water partition coefficient (Wildman–Crippen LogP) is 3.93. The molecule has 0 aromatic carbocycles. The van der Waals surface area contributed by atoms with Crippen LogP contribution in [0.15, 0.2) is 0 Å². The maximum absolute atomic E-state index is 13.7. The number of carbonyl (C=O) groups excluding carboxylic acids is 2. The molecular weight excluding hydrogens is 314 g/mol. The molecule has 0 aromatic heterocycles. The van der Waals surface area contributed by atoms with Crippen molar-refractivity contribution >= 4 is 11.9 Å². The van der Waals surface area contributed by atoms with E-state index in [-0.39, 0.29) is 11.4 Å². The first kappa shape index (κ1) is 17.4. The van der Waals surface area contributed by atoms with Gasteiger partial charge >= 0.3 is 5.97 Å². The number of hydrogen-bond acceptors (Lipinski definition) is 3. The third kappa shape index (κ3) is 3.33. The van der Waals surface area contributed by atoms with Crippen molar-refractivity contribution in [2.75, 3.05) is 13.2 Å². The number of nitrogens with zero attached hydrogens (tertiary/aromatic N) is 1. The molecule has 0 aliphatic heterocycles. The molecule has 4 nitrogen and oxygen atoms in total. The molecule has 5 saturated carbocycles. The Morgan fingerprint density at radius 1 is 1.00 bits per heavy atom. The van der Waals surface area contributed by atoms with Gasteiger partial charge in [0.25, 0.3) is 0 Å². The van der Waals surface area contributed by atoms with E-state index in [2.05, 4.69) is 4.90 Å². The van der Waals surface area contributed by atoms with Crippen molar-refractivity contribution in [1.29, 1.82) is 0 Å². The molecule has 1 amide bonds. The first-order chi connectivity index (χ1) is 12.1. The van der Waals surface area contributed by atoms with Gasteiger partial charge in [-0.3, -0.25) is 9.59 Å². The number of amides is 1. The molecule has 0 atom stereocenters. The SMILES string of the molecule is CCOC(=O)CCN(C(=O)C12CC3CC(CC(C3)C1)C2)C1CCCC1. The van der Waals surface area contributed by atoms with Crippen LogP contribution < -0.4 is 0 Å². The molecule has 0 aromatic rings. The number of esters is 1. The summed E-state index contributed by atoms with van der Waals surface area (Å²) in [5.41, 5.74) is -0.0913. The lowest BCUT2D eigenvalue weighted by atomic mass is 9.49. The fraction of sp³-hybridized carbons (Fsp3) is 0.905. The molecule has 0 spiro atoms. The van der Waals surface area contributed by atoms with E-state index in [4.69, 9.17) is 4.74 Å². The lowest BCUT2D eigenvalue weighted by Crippen LogP contribution is -2.56. The van der Waals surface area contributed by atoms with Crippen LogP contribution in [0.3, 0.4) is 0 Å². The molecule has 5 aliphatic rings. The molecule has 140 valence electrons. The van der Waals surface area contributed by atoms with Gasteiger partial charge in [0.1, 0.15) is 0 Å². The first-order valence-electron chi connectivity index (χ1n) is 10.6. The molecule has 0 heterocycles. The Hall–Kier alpha value is -1.06. The molecule has 0 unspecified atom stereocenters. The fourth-order valence-corrected chi connectivity index (χ4v) is 6.79. The molecule has 4 bridgehead atoms. The summed E-state index contributed by atoms with van der Waals surface area (Å²) in [5, 5.41) is 0. The molecule has 5 fully saturated rings. The van der Waals surface area contributed by atoms with Crippen LogP contribution >= 0.6 is 0 Å². The van der Waals surface area contributed by atoms with Gasteiger partial charge < -0.3 is 9.64 Å². The normalized spacial score (nSPS) is 36.6. The molecule has 0 radical (unpaired) electrons. The highest BCUT2D eigenvalue weighted by Crippen LogP contribution is 2.60. The van der Waals surface area contributed by atoms with E-state index >= 15 is 0 Å². The van der Waals surface area contributed by atoms with E-state index in [1.54, 1.807) is 0 Å². The zero-order valence-corrected chi connectivity index (χ0v) is 15.7.